The Labute approximate surface area is 128 Å². The quantitative estimate of drug-likeness (QED) is 0.510. The van der Waals surface area contributed by atoms with Gasteiger partial charge in [0.2, 0.25) is 0 Å². The summed E-state index contributed by atoms with van der Waals surface area (Å²) >= 11 is 0. The number of aromatic nitrogens is 1. The molecule has 0 fully saturated rings. The standard InChI is InChI=1S/C16H29N5/c1-4-20(5-2)11-8-12-21(6-3)13-14-9-7-10-19-15(14)16(17)18/h7,9-10H,4-6,8,11-13H2,1-3H3,(H3,17,18). The number of pyridine rings is 1. The van der Waals surface area contributed by atoms with Gasteiger partial charge < -0.3 is 10.6 Å². The summed E-state index contributed by atoms with van der Waals surface area (Å²) in [5.74, 6) is 0.0461. The molecule has 0 aliphatic carbocycles. The first-order valence-corrected chi connectivity index (χ1v) is 7.85. The summed E-state index contributed by atoms with van der Waals surface area (Å²) in [4.78, 5) is 9.04. The summed E-state index contributed by atoms with van der Waals surface area (Å²) in [5, 5.41) is 7.61. The van der Waals surface area contributed by atoms with Crippen LogP contribution in [0.2, 0.25) is 0 Å². The molecule has 0 spiro atoms. The predicted molar refractivity (Wildman–Crippen MR) is 88.6 cm³/mol. The van der Waals surface area contributed by atoms with Crippen molar-refractivity contribution in [1.82, 2.24) is 14.8 Å². The molecule has 0 atom stereocenters. The van der Waals surface area contributed by atoms with E-state index in [-0.39, 0.29) is 5.84 Å². The van der Waals surface area contributed by atoms with Crippen LogP contribution in [0.25, 0.3) is 0 Å². The van der Waals surface area contributed by atoms with E-state index in [0.717, 1.165) is 51.3 Å². The van der Waals surface area contributed by atoms with Crippen LogP contribution in [-0.4, -0.2) is 53.3 Å². The maximum Gasteiger partial charge on any atom is 0.142 e. The highest BCUT2D eigenvalue weighted by Gasteiger charge is 2.10. The van der Waals surface area contributed by atoms with E-state index >= 15 is 0 Å². The van der Waals surface area contributed by atoms with Crippen LogP contribution >= 0.6 is 0 Å². The SMILES string of the molecule is CCN(CC)CCCN(CC)Cc1cccnc1C(=N)N. The van der Waals surface area contributed by atoms with Crippen molar-refractivity contribution in [2.24, 2.45) is 5.73 Å². The molecule has 0 aromatic carbocycles. The largest absolute Gasteiger partial charge is 0.382 e. The van der Waals surface area contributed by atoms with Gasteiger partial charge in [-0.1, -0.05) is 26.8 Å². The number of rotatable bonds is 10. The van der Waals surface area contributed by atoms with Gasteiger partial charge in [-0.3, -0.25) is 15.3 Å². The smallest absolute Gasteiger partial charge is 0.142 e. The highest BCUT2D eigenvalue weighted by molar-refractivity contribution is 5.94. The van der Waals surface area contributed by atoms with Gasteiger partial charge in [0.15, 0.2) is 0 Å². The molecule has 0 bridgehead atoms. The number of nitrogens with one attached hydrogen (secondary N) is 1. The first-order chi connectivity index (χ1) is 10.1. The number of nitrogens with zero attached hydrogens (tertiary/aromatic N) is 3. The fourth-order valence-corrected chi connectivity index (χ4v) is 2.46. The summed E-state index contributed by atoms with van der Waals surface area (Å²) in [6, 6.07) is 3.92. The van der Waals surface area contributed by atoms with Crippen molar-refractivity contribution in [2.75, 3.05) is 32.7 Å². The summed E-state index contributed by atoms with van der Waals surface area (Å²) in [7, 11) is 0. The van der Waals surface area contributed by atoms with Crippen LogP contribution in [0.15, 0.2) is 18.3 Å². The molecule has 3 N–H and O–H groups in total. The third kappa shape index (κ3) is 5.81. The van der Waals surface area contributed by atoms with Crippen molar-refractivity contribution >= 4 is 5.84 Å². The molecule has 1 heterocycles. The summed E-state index contributed by atoms with van der Waals surface area (Å²) in [6.07, 6.45) is 2.85. The van der Waals surface area contributed by atoms with E-state index in [1.165, 1.54) is 0 Å². The molecule has 0 amide bonds. The van der Waals surface area contributed by atoms with Gasteiger partial charge in [-0.25, -0.2) is 0 Å². The number of amidine groups is 1. The molecular weight excluding hydrogens is 262 g/mol. The van der Waals surface area contributed by atoms with Crippen molar-refractivity contribution < 1.29 is 0 Å². The Hall–Kier alpha value is -1.46. The minimum absolute atomic E-state index is 0.0461. The van der Waals surface area contributed by atoms with Gasteiger partial charge in [-0.2, -0.15) is 0 Å². The molecule has 21 heavy (non-hydrogen) atoms. The maximum absolute atomic E-state index is 7.61. The van der Waals surface area contributed by atoms with E-state index in [4.69, 9.17) is 11.1 Å². The average Bonchev–Trinajstić information content (AvgIpc) is 2.50. The Kier molecular flexibility index (Phi) is 7.93. The van der Waals surface area contributed by atoms with Crippen molar-refractivity contribution in [3.05, 3.63) is 29.6 Å². The van der Waals surface area contributed by atoms with Gasteiger partial charge in [-0.15, -0.1) is 0 Å². The topological polar surface area (TPSA) is 69.2 Å². The molecule has 0 aliphatic heterocycles. The molecule has 0 aliphatic rings. The fraction of sp³-hybridized carbons (Fsp3) is 0.625. The average molecular weight is 291 g/mol. The first-order valence-electron chi connectivity index (χ1n) is 7.85. The van der Waals surface area contributed by atoms with Crippen molar-refractivity contribution in [3.63, 3.8) is 0 Å². The van der Waals surface area contributed by atoms with Crippen molar-refractivity contribution in [1.29, 1.82) is 5.41 Å². The van der Waals surface area contributed by atoms with Crippen LogP contribution < -0.4 is 5.73 Å². The lowest BCUT2D eigenvalue weighted by molar-refractivity contribution is 0.238. The van der Waals surface area contributed by atoms with Gasteiger partial charge in [0.1, 0.15) is 11.5 Å². The van der Waals surface area contributed by atoms with E-state index in [2.05, 4.69) is 35.6 Å². The van der Waals surface area contributed by atoms with E-state index in [1.54, 1.807) is 6.20 Å². The normalized spacial score (nSPS) is 11.3. The summed E-state index contributed by atoms with van der Waals surface area (Å²) < 4.78 is 0. The van der Waals surface area contributed by atoms with Crippen LogP contribution in [-0.2, 0) is 6.54 Å². The molecule has 1 aromatic heterocycles. The van der Waals surface area contributed by atoms with E-state index in [1.807, 2.05) is 12.1 Å². The third-order valence-electron chi connectivity index (χ3n) is 3.83. The van der Waals surface area contributed by atoms with E-state index < -0.39 is 0 Å². The molecular formula is C16H29N5. The predicted octanol–water partition coefficient (Wildman–Crippen LogP) is 1.92. The van der Waals surface area contributed by atoms with Crippen LogP contribution in [0.3, 0.4) is 0 Å². The Morgan fingerprint density at radius 2 is 1.76 bits per heavy atom. The van der Waals surface area contributed by atoms with Crippen molar-refractivity contribution in [3.8, 4) is 0 Å². The van der Waals surface area contributed by atoms with Crippen LogP contribution in [0.1, 0.15) is 38.4 Å². The molecule has 118 valence electrons. The Balaban J connectivity index is 2.56. The number of hydrogen-bond donors (Lipinski definition) is 2. The molecule has 0 unspecified atom stereocenters. The lowest BCUT2D eigenvalue weighted by Crippen LogP contribution is -2.30. The lowest BCUT2D eigenvalue weighted by Gasteiger charge is -2.24. The Bertz CT molecular complexity index is 428. The Morgan fingerprint density at radius 3 is 2.33 bits per heavy atom. The fourth-order valence-electron chi connectivity index (χ4n) is 2.46. The zero-order chi connectivity index (χ0) is 15.7. The molecule has 5 nitrogen and oxygen atoms in total. The summed E-state index contributed by atoms with van der Waals surface area (Å²) in [6.45, 7) is 12.8. The summed E-state index contributed by atoms with van der Waals surface area (Å²) in [5.41, 5.74) is 7.25. The molecule has 0 radical (unpaired) electrons. The molecule has 1 rings (SSSR count). The first kappa shape index (κ1) is 17.6. The van der Waals surface area contributed by atoms with Gasteiger partial charge in [0, 0.05) is 12.7 Å². The number of nitrogens with two attached hydrogens (primary N) is 1. The number of nitrogen functional groups attached to an aromatic ring is 1. The maximum atomic E-state index is 7.61. The van der Waals surface area contributed by atoms with E-state index in [9.17, 15) is 0 Å². The van der Waals surface area contributed by atoms with E-state index in [0.29, 0.717) is 5.69 Å². The lowest BCUT2D eigenvalue weighted by atomic mass is 10.1. The molecule has 0 saturated heterocycles. The molecule has 0 saturated carbocycles. The Morgan fingerprint density at radius 1 is 1.14 bits per heavy atom. The zero-order valence-corrected chi connectivity index (χ0v) is 13.6. The van der Waals surface area contributed by atoms with Crippen LogP contribution in [0.4, 0.5) is 0 Å². The highest BCUT2D eigenvalue weighted by Crippen LogP contribution is 2.09. The molecule has 5 heteroatoms. The van der Waals surface area contributed by atoms with Crippen LogP contribution in [0, 0.1) is 5.41 Å². The third-order valence-corrected chi connectivity index (χ3v) is 3.83. The second-order valence-electron chi connectivity index (χ2n) is 5.17. The van der Waals surface area contributed by atoms with Gasteiger partial charge in [0.05, 0.1) is 0 Å². The van der Waals surface area contributed by atoms with Crippen molar-refractivity contribution in [2.45, 2.75) is 33.7 Å². The second kappa shape index (κ2) is 9.47. The highest BCUT2D eigenvalue weighted by atomic mass is 15.1. The minimum Gasteiger partial charge on any atom is -0.382 e. The number of hydrogen-bond acceptors (Lipinski definition) is 4. The van der Waals surface area contributed by atoms with Gasteiger partial charge in [0.25, 0.3) is 0 Å². The zero-order valence-electron chi connectivity index (χ0n) is 13.6. The van der Waals surface area contributed by atoms with Crippen LogP contribution in [0.5, 0.6) is 0 Å². The van der Waals surface area contributed by atoms with Gasteiger partial charge >= 0.3 is 0 Å². The molecule has 1 aromatic rings. The van der Waals surface area contributed by atoms with Gasteiger partial charge in [-0.05, 0) is 50.8 Å². The minimum atomic E-state index is 0.0461. The second-order valence-corrected chi connectivity index (χ2v) is 5.17. The monoisotopic (exact) mass is 291 g/mol.